The van der Waals surface area contributed by atoms with Crippen LogP contribution in [-0.4, -0.2) is 0 Å². The van der Waals surface area contributed by atoms with E-state index < -0.39 is 0 Å². The fourth-order valence-corrected chi connectivity index (χ4v) is 1.54. The molecule has 2 aromatic rings. The molecule has 3 heteroatoms. The van der Waals surface area contributed by atoms with Gasteiger partial charge < -0.3 is 4.74 Å². The molecule has 0 saturated heterocycles. The average molecular weight is 357 g/mol. The van der Waals surface area contributed by atoms with E-state index in [1.54, 1.807) is 0 Å². The second-order valence-electron chi connectivity index (χ2n) is 3.97. The zero-order valence-corrected chi connectivity index (χ0v) is 15.3. The Morgan fingerprint density at radius 3 is 2.44 bits per heavy atom. The summed E-state index contributed by atoms with van der Waals surface area (Å²) in [5.41, 5.74) is 3.56. The number of aryl methyl sites for hydroxylation is 2. The Labute approximate surface area is 126 Å². The Hall–Kier alpha value is -0.657. The maximum absolute atomic E-state index is 5.79. The molecule has 0 fully saturated rings. The van der Waals surface area contributed by atoms with E-state index in [4.69, 9.17) is 4.74 Å². The van der Waals surface area contributed by atoms with Crippen LogP contribution in [0.15, 0.2) is 42.5 Å². The summed E-state index contributed by atoms with van der Waals surface area (Å²) in [6.07, 6.45) is 0. The summed E-state index contributed by atoms with van der Waals surface area (Å²) in [6.45, 7) is 4.75. The summed E-state index contributed by atoms with van der Waals surface area (Å²) in [5.74, 6) is 0.966. The first-order valence-corrected chi connectivity index (χ1v) is 12.6. The standard InChI is InChI=1S/C15H15O.BrH.Zn/c1-12-8-9-13(2)15(10-12)16-11-14-6-4-3-5-7-14;;/h4-10H,11H2,1-2H3;1H;/q-1;;+2/p-1. The Balaban J connectivity index is 0.000000771. The zero-order valence-electron chi connectivity index (χ0n) is 10.7. The van der Waals surface area contributed by atoms with Gasteiger partial charge in [0.05, 0.1) is 6.61 Å². The third-order valence-corrected chi connectivity index (χ3v) is 2.53. The topological polar surface area (TPSA) is 9.23 Å². The van der Waals surface area contributed by atoms with Gasteiger partial charge in [-0.05, 0) is 31.0 Å². The van der Waals surface area contributed by atoms with Crippen molar-refractivity contribution in [3.8, 4) is 5.75 Å². The van der Waals surface area contributed by atoms with Crippen LogP contribution in [0.25, 0.3) is 0 Å². The molecule has 0 aromatic heterocycles. The van der Waals surface area contributed by atoms with Gasteiger partial charge in [0.15, 0.2) is 0 Å². The minimum atomic E-state index is 0.610. The monoisotopic (exact) mass is 354 g/mol. The Morgan fingerprint density at radius 1 is 1.11 bits per heavy atom. The summed E-state index contributed by atoms with van der Waals surface area (Å²) < 4.78 is 5.79. The first-order chi connectivity index (χ1) is 8.75. The SMILES string of the molecule is Cc1ccc(C)c(OCc2cc[c-]cc2)c1.[Zn+][Br]. The molecule has 0 heterocycles. The van der Waals surface area contributed by atoms with E-state index in [0.29, 0.717) is 6.61 Å². The molecule has 0 atom stereocenters. The van der Waals surface area contributed by atoms with E-state index in [1.807, 2.05) is 24.3 Å². The van der Waals surface area contributed by atoms with Gasteiger partial charge in [0, 0.05) is 0 Å². The van der Waals surface area contributed by atoms with Gasteiger partial charge in [-0.25, -0.2) is 0 Å². The molecule has 0 radical (unpaired) electrons. The molecule has 2 rings (SSSR count). The number of halogens is 1. The van der Waals surface area contributed by atoms with Gasteiger partial charge in [0.2, 0.25) is 0 Å². The molecule has 0 spiro atoms. The van der Waals surface area contributed by atoms with Gasteiger partial charge in [0.25, 0.3) is 0 Å². The summed E-state index contributed by atoms with van der Waals surface area (Å²) >= 11 is 4.25. The van der Waals surface area contributed by atoms with Crippen molar-refractivity contribution >= 4 is 13.6 Å². The van der Waals surface area contributed by atoms with Crippen molar-refractivity contribution in [1.29, 1.82) is 0 Å². The van der Waals surface area contributed by atoms with E-state index in [2.05, 4.69) is 51.7 Å². The number of hydrogen-bond acceptors (Lipinski definition) is 1. The normalized spacial score (nSPS) is 9.39. The van der Waals surface area contributed by atoms with Crippen molar-refractivity contribution in [3.63, 3.8) is 0 Å². The van der Waals surface area contributed by atoms with Crippen LogP contribution in [0.2, 0.25) is 0 Å². The van der Waals surface area contributed by atoms with Crippen LogP contribution in [0.3, 0.4) is 0 Å². The van der Waals surface area contributed by atoms with Crippen molar-refractivity contribution in [2.75, 3.05) is 0 Å². The molecular weight excluding hydrogens is 341 g/mol. The molecule has 0 aliphatic rings. The van der Waals surface area contributed by atoms with E-state index in [-0.39, 0.29) is 0 Å². The molecule has 18 heavy (non-hydrogen) atoms. The Morgan fingerprint density at radius 2 is 1.78 bits per heavy atom. The van der Waals surface area contributed by atoms with E-state index in [0.717, 1.165) is 5.75 Å². The number of hydrogen-bond donors (Lipinski definition) is 0. The Bertz CT molecular complexity index is 471. The molecule has 0 N–H and O–H groups in total. The van der Waals surface area contributed by atoms with Gasteiger partial charge in [-0.1, -0.05) is 12.1 Å². The quantitative estimate of drug-likeness (QED) is 0.580. The van der Waals surface area contributed by atoms with Crippen LogP contribution in [0.4, 0.5) is 0 Å². The number of rotatable bonds is 3. The van der Waals surface area contributed by atoms with Crippen molar-refractivity contribution in [2.24, 2.45) is 0 Å². The first-order valence-electron chi connectivity index (χ1n) is 5.67. The van der Waals surface area contributed by atoms with E-state index >= 15 is 0 Å². The second-order valence-corrected chi connectivity index (χ2v) is 3.97. The van der Waals surface area contributed by atoms with Crippen LogP contribution < -0.4 is 4.74 Å². The molecule has 0 amide bonds. The van der Waals surface area contributed by atoms with Gasteiger partial charge in [0.1, 0.15) is 5.75 Å². The van der Waals surface area contributed by atoms with E-state index in [1.165, 1.54) is 33.0 Å². The summed E-state index contributed by atoms with van der Waals surface area (Å²) in [4.78, 5) is 0. The van der Waals surface area contributed by atoms with Gasteiger partial charge in [-0.2, -0.15) is 30.3 Å². The van der Waals surface area contributed by atoms with Crippen LogP contribution in [-0.2, 0) is 22.9 Å². The first kappa shape index (κ1) is 15.4. The van der Waals surface area contributed by atoms with Crippen LogP contribution >= 0.6 is 13.6 Å². The van der Waals surface area contributed by atoms with Crippen molar-refractivity contribution in [2.45, 2.75) is 20.5 Å². The molecule has 2 aromatic carbocycles. The minimum absolute atomic E-state index is 0.610. The molecule has 90 valence electrons. The molecule has 0 saturated carbocycles. The molecule has 0 bridgehead atoms. The molecule has 1 nitrogen and oxygen atoms in total. The Kier molecular flexibility index (Phi) is 7.23. The predicted octanol–water partition coefficient (Wildman–Crippen LogP) is 4.53. The fourth-order valence-electron chi connectivity index (χ4n) is 1.54. The van der Waals surface area contributed by atoms with Crippen LogP contribution in [0.5, 0.6) is 5.75 Å². The third kappa shape index (κ3) is 4.91. The molecule has 0 aliphatic carbocycles. The number of benzene rings is 2. The summed E-state index contributed by atoms with van der Waals surface area (Å²) in [6, 6.07) is 17.1. The fraction of sp³-hybridized carbons (Fsp3) is 0.200. The van der Waals surface area contributed by atoms with Gasteiger partial charge >= 0.3 is 30.0 Å². The van der Waals surface area contributed by atoms with Crippen molar-refractivity contribution in [3.05, 3.63) is 65.2 Å². The van der Waals surface area contributed by atoms with Gasteiger partial charge in [-0.15, -0.1) is 5.56 Å². The zero-order chi connectivity index (χ0) is 13.4. The van der Waals surface area contributed by atoms with Crippen LogP contribution in [0.1, 0.15) is 16.7 Å². The molecule has 0 aliphatic heterocycles. The van der Waals surface area contributed by atoms with Crippen molar-refractivity contribution in [1.82, 2.24) is 0 Å². The second kappa shape index (κ2) is 8.45. The molecule has 0 unspecified atom stereocenters. The van der Waals surface area contributed by atoms with Crippen LogP contribution in [0, 0.1) is 19.9 Å². The van der Waals surface area contributed by atoms with E-state index in [9.17, 15) is 0 Å². The molecular formula is C15H15BrOZn. The summed E-state index contributed by atoms with van der Waals surface area (Å²) in [5, 5.41) is 0. The maximum atomic E-state index is 5.79. The van der Waals surface area contributed by atoms with Crippen molar-refractivity contribution < 1.29 is 21.1 Å². The third-order valence-electron chi connectivity index (χ3n) is 2.53. The summed E-state index contributed by atoms with van der Waals surface area (Å²) in [7, 11) is 0. The van der Waals surface area contributed by atoms with Gasteiger partial charge in [-0.3, -0.25) is 0 Å². The predicted molar refractivity (Wildman–Crippen MR) is 74.5 cm³/mol. The number of ether oxygens (including phenoxy) is 1. The average Bonchev–Trinajstić information content (AvgIpc) is 2.43.